The lowest BCUT2D eigenvalue weighted by atomic mass is 10.2. The van der Waals surface area contributed by atoms with Crippen molar-refractivity contribution < 1.29 is 15.0 Å². The molecule has 3 heteroatoms. The molecule has 19 heavy (non-hydrogen) atoms. The minimum atomic E-state index is -1.09. The van der Waals surface area contributed by atoms with Crippen molar-refractivity contribution in [2.45, 2.75) is 6.92 Å². The van der Waals surface area contributed by atoms with Crippen LogP contribution < -0.4 is 0 Å². The fraction of sp³-hybridized carbons (Fsp3) is 0.0625. The molecule has 0 unspecified atom stereocenters. The van der Waals surface area contributed by atoms with Gasteiger partial charge in [0.2, 0.25) is 0 Å². The maximum atomic E-state index is 9.70. The highest BCUT2D eigenvalue weighted by molar-refractivity contribution is 5.85. The van der Waals surface area contributed by atoms with Gasteiger partial charge in [-0.25, -0.2) is 4.79 Å². The fourth-order valence-corrected chi connectivity index (χ4v) is 0.644. The van der Waals surface area contributed by atoms with E-state index in [0.29, 0.717) is 6.26 Å². The molecule has 0 saturated heterocycles. The predicted molar refractivity (Wildman–Crippen MR) is 80.9 cm³/mol. The highest BCUT2D eigenvalue weighted by Gasteiger charge is 1.95. The largest absolute Gasteiger partial charge is 0.515 e. The first-order valence-corrected chi connectivity index (χ1v) is 5.48. The maximum Gasteiger partial charge on any atom is 0.334 e. The summed E-state index contributed by atoms with van der Waals surface area (Å²) in [5.41, 5.74) is 1.12. The van der Waals surface area contributed by atoms with E-state index in [9.17, 15) is 4.79 Å². The minimum absolute atomic E-state index is 0.0556. The topological polar surface area (TPSA) is 57.5 Å². The standard InChI is InChI=1S/C8H8.C4H6O3.C4H6/c1-2-8-6-4-3-5-7-8;1-3(2-5)4(6)7;1-3-4-2/h2-7H,1H2;2,5H,1H3,(H,6,7);3-4H,1-2H2. The first-order chi connectivity index (χ1) is 9.03. The van der Waals surface area contributed by atoms with Gasteiger partial charge in [0, 0.05) is 0 Å². The SMILES string of the molecule is C=CC=C.C=Cc1ccccc1.CC(=CO)C(=O)O. The Morgan fingerprint density at radius 2 is 1.58 bits per heavy atom. The highest BCUT2D eigenvalue weighted by Crippen LogP contribution is 1.97. The summed E-state index contributed by atoms with van der Waals surface area (Å²) in [4.78, 5) is 9.70. The van der Waals surface area contributed by atoms with E-state index in [1.54, 1.807) is 12.2 Å². The molecule has 3 nitrogen and oxygen atoms in total. The van der Waals surface area contributed by atoms with Crippen LogP contribution in [0.5, 0.6) is 0 Å². The van der Waals surface area contributed by atoms with Crippen molar-refractivity contribution in [2.24, 2.45) is 0 Å². The van der Waals surface area contributed by atoms with E-state index < -0.39 is 5.97 Å². The number of rotatable bonds is 3. The van der Waals surface area contributed by atoms with Crippen molar-refractivity contribution in [3.63, 3.8) is 0 Å². The van der Waals surface area contributed by atoms with Crippen molar-refractivity contribution in [1.82, 2.24) is 0 Å². The predicted octanol–water partition coefficient (Wildman–Crippen LogP) is 4.22. The molecule has 0 bridgehead atoms. The van der Waals surface area contributed by atoms with E-state index in [1.165, 1.54) is 12.5 Å². The average molecular weight is 260 g/mol. The van der Waals surface area contributed by atoms with Gasteiger partial charge in [-0.2, -0.15) is 0 Å². The number of carbonyl (C=O) groups is 1. The van der Waals surface area contributed by atoms with Crippen LogP contribution in [0.2, 0.25) is 0 Å². The van der Waals surface area contributed by atoms with Crippen molar-refractivity contribution in [1.29, 1.82) is 0 Å². The lowest BCUT2D eigenvalue weighted by Crippen LogP contribution is -1.94. The van der Waals surface area contributed by atoms with Crippen LogP contribution in [0.3, 0.4) is 0 Å². The second-order valence-corrected chi connectivity index (χ2v) is 3.20. The van der Waals surface area contributed by atoms with Gasteiger partial charge in [0.05, 0.1) is 11.8 Å². The molecular weight excluding hydrogens is 240 g/mol. The van der Waals surface area contributed by atoms with Gasteiger partial charge >= 0.3 is 5.97 Å². The second-order valence-electron chi connectivity index (χ2n) is 3.20. The van der Waals surface area contributed by atoms with Crippen LogP contribution in [0.15, 0.2) is 74.1 Å². The van der Waals surface area contributed by atoms with Crippen LogP contribution in [0.25, 0.3) is 6.08 Å². The second kappa shape index (κ2) is 13.5. The van der Waals surface area contributed by atoms with Gasteiger partial charge in [-0.05, 0) is 12.5 Å². The van der Waals surface area contributed by atoms with E-state index in [4.69, 9.17) is 10.2 Å². The number of aliphatic hydroxyl groups is 1. The zero-order chi connectivity index (χ0) is 15.1. The number of carboxylic acid groups (broad SMARTS) is 1. The molecule has 1 aromatic rings. The van der Waals surface area contributed by atoms with E-state index in [2.05, 4.69) is 19.7 Å². The molecule has 0 aromatic heterocycles. The number of benzene rings is 1. The van der Waals surface area contributed by atoms with Crippen LogP contribution in [0, 0.1) is 0 Å². The molecule has 1 rings (SSSR count). The summed E-state index contributed by atoms with van der Waals surface area (Å²) in [6.45, 7) is 11.7. The Morgan fingerprint density at radius 3 is 1.74 bits per heavy atom. The Morgan fingerprint density at radius 1 is 1.11 bits per heavy atom. The van der Waals surface area contributed by atoms with Crippen LogP contribution in [0.1, 0.15) is 12.5 Å². The summed E-state index contributed by atoms with van der Waals surface area (Å²) >= 11 is 0. The Balaban J connectivity index is 0. The Hall–Kier alpha value is -2.55. The number of hydrogen-bond acceptors (Lipinski definition) is 2. The van der Waals surface area contributed by atoms with Crippen molar-refractivity contribution in [3.05, 3.63) is 79.6 Å². The third-order valence-corrected chi connectivity index (χ3v) is 1.73. The number of allylic oxidation sites excluding steroid dienone is 2. The molecule has 0 radical (unpaired) electrons. The number of aliphatic hydroxyl groups excluding tert-OH is 1. The first-order valence-electron chi connectivity index (χ1n) is 5.48. The minimum Gasteiger partial charge on any atom is -0.515 e. The van der Waals surface area contributed by atoms with Gasteiger partial charge in [-0.1, -0.05) is 68.3 Å². The average Bonchev–Trinajstić information content (AvgIpc) is 2.48. The summed E-state index contributed by atoms with van der Waals surface area (Å²) in [6.07, 6.45) is 5.67. The fourth-order valence-electron chi connectivity index (χ4n) is 0.644. The molecule has 0 aliphatic heterocycles. The third kappa shape index (κ3) is 13.4. The monoisotopic (exact) mass is 260 g/mol. The summed E-state index contributed by atoms with van der Waals surface area (Å²) < 4.78 is 0. The Bertz CT molecular complexity index is 411. The maximum absolute atomic E-state index is 9.70. The lowest BCUT2D eigenvalue weighted by molar-refractivity contribution is -0.132. The van der Waals surface area contributed by atoms with Crippen molar-refractivity contribution in [2.75, 3.05) is 0 Å². The molecule has 1 aromatic carbocycles. The molecule has 0 saturated carbocycles. The number of carboxylic acids is 1. The summed E-state index contributed by atoms with van der Waals surface area (Å²) in [6, 6.07) is 10.0. The zero-order valence-electron chi connectivity index (χ0n) is 11.1. The molecule has 0 aliphatic rings. The molecule has 0 atom stereocenters. The Kier molecular flexibility index (Phi) is 13.4. The van der Waals surface area contributed by atoms with E-state index in [0.717, 1.165) is 0 Å². The zero-order valence-corrected chi connectivity index (χ0v) is 11.1. The Labute approximate surface area is 114 Å². The van der Waals surface area contributed by atoms with E-state index in [-0.39, 0.29) is 5.57 Å². The molecule has 0 amide bonds. The smallest absolute Gasteiger partial charge is 0.334 e. The van der Waals surface area contributed by atoms with Gasteiger partial charge in [0.15, 0.2) is 0 Å². The molecule has 0 heterocycles. The number of aliphatic carboxylic acids is 1. The van der Waals surface area contributed by atoms with Gasteiger partial charge in [0.25, 0.3) is 0 Å². The highest BCUT2D eigenvalue weighted by atomic mass is 16.4. The lowest BCUT2D eigenvalue weighted by Gasteiger charge is -1.85. The molecule has 2 N–H and O–H groups in total. The van der Waals surface area contributed by atoms with Crippen LogP contribution in [-0.2, 0) is 4.79 Å². The molecule has 0 fully saturated rings. The quantitative estimate of drug-likeness (QED) is 0.486. The van der Waals surface area contributed by atoms with Crippen molar-refractivity contribution >= 4 is 12.0 Å². The van der Waals surface area contributed by atoms with Gasteiger partial charge in [-0.15, -0.1) is 0 Å². The van der Waals surface area contributed by atoms with E-state index >= 15 is 0 Å². The van der Waals surface area contributed by atoms with Crippen molar-refractivity contribution in [3.8, 4) is 0 Å². The molecule has 0 spiro atoms. The first kappa shape index (κ1) is 18.8. The molecular formula is C16H20O3. The summed E-state index contributed by atoms with van der Waals surface area (Å²) in [5.74, 6) is -1.09. The normalized spacial score (nSPS) is 8.79. The summed E-state index contributed by atoms with van der Waals surface area (Å²) in [7, 11) is 0. The molecule has 0 aliphatic carbocycles. The van der Waals surface area contributed by atoms with Crippen LogP contribution >= 0.6 is 0 Å². The molecule has 102 valence electrons. The van der Waals surface area contributed by atoms with Gasteiger partial charge in [0.1, 0.15) is 0 Å². The van der Waals surface area contributed by atoms with Crippen LogP contribution in [-0.4, -0.2) is 16.2 Å². The van der Waals surface area contributed by atoms with E-state index in [1.807, 2.05) is 36.4 Å². The number of hydrogen-bond donors (Lipinski definition) is 2. The third-order valence-electron chi connectivity index (χ3n) is 1.73. The van der Waals surface area contributed by atoms with Gasteiger partial charge in [-0.3, -0.25) is 0 Å². The van der Waals surface area contributed by atoms with Crippen LogP contribution in [0.4, 0.5) is 0 Å². The van der Waals surface area contributed by atoms with Gasteiger partial charge < -0.3 is 10.2 Å². The summed E-state index contributed by atoms with van der Waals surface area (Å²) in [5, 5.41) is 15.9.